The third kappa shape index (κ3) is 2.89. The highest BCUT2D eigenvalue weighted by Gasteiger charge is 2.52. The third-order valence-corrected chi connectivity index (χ3v) is 10.0. The summed E-state index contributed by atoms with van der Waals surface area (Å²) in [6.07, 6.45) is 0. The van der Waals surface area contributed by atoms with Gasteiger partial charge in [0.1, 0.15) is 0 Å². The Morgan fingerprint density at radius 2 is 0.909 bits per heavy atom. The van der Waals surface area contributed by atoms with Crippen LogP contribution in [0, 0.1) is 0 Å². The maximum Gasteiger partial charge on any atom is 0.0746 e. The lowest BCUT2D eigenvalue weighted by Gasteiger charge is -2.32. The summed E-state index contributed by atoms with van der Waals surface area (Å²) in [6, 6.07) is 60.6. The van der Waals surface area contributed by atoms with Crippen molar-refractivity contribution in [2.24, 2.45) is 0 Å². The zero-order valence-electron chi connectivity index (χ0n) is 24.0. The largest absolute Gasteiger partial charge is 0.309 e. The lowest BCUT2D eigenvalue weighted by atomic mass is 9.70. The molecule has 0 radical (unpaired) electrons. The number of para-hydroxylation sites is 1. The molecule has 0 saturated carbocycles. The summed E-state index contributed by atoms with van der Waals surface area (Å²) in [5, 5.41) is 2.55. The summed E-state index contributed by atoms with van der Waals surface area (Å²) >= 11 is 0. The molecule has 1 nitrogen and oxygen atoms in total. The molecular weight excluding hydrogens is 530 g/mol. The van der Waals surface area contributed by atoms with E-state index in [1.807, 2.05) is 0 Å². The van der Waals surface area contributed by atoms with Crippen molar-refractivity contribution in [3.63, 3.8) is 0 Å². The quantitative estimate of drug-likeness (QED) is 0.199. The zero-order chi connectivity index (χ0) is 28.8. The van der Waals surface area contributed by atoms with Gasteiger partial charge in [0, 0.05) is 16.3 Å². The Labute approximate surface area is 256 Å². The smallest absolute Gasteiger partial charge is 0.0746 e. The number of hydrogen-bond acceptors (Lipinski definition) is 0. The molecular formula is C43H27N. The topological polar surface area (TPSA) is 4.93 Å². The summed E-state index contributed by atoms with van der Waals surface area (Å²) in [5.74, 6) is 0. The fourth-order valence-corrected chi connectivity index (χ4v) is 8.36. The van der Waals surface area contributed by atoms with Gasteiger partial charge >= 0.3 is 0 Å². The second-order valence-corrected chi connectivity index (χ2v) is 12.0. The zero-order valence-corrected chi connectivity index (χ0v) is 24.0. The van der Waals surface area contributed by atoms with E-state index in [2.05, 4.69) is 168 Å². The van der Waals surface area contributed by atoms with Gasteiger partial charge in [-0.05, 0) is 74.3 Å². The van der Waals surface area contributed by atoms with E-state index >= 15 is 0 Å². The van der Waals surface area contributed by atoms with Gasteiger partial charge in [-0.3, -0.25) is 0 Å². The first kappa shape index (κ1) is 23.9. The molecule has 204 valence electrons. The first-order chi connectivity index (χ1) is 21.9. The number of rotatable bonds is 2. The number of fused-ring (bicyclic) bond motifs is 13. The van der Waals surface area contributed by atoms with Crippen LogP contribution in [-0.2, 0) is 5.41 Å². The molecule has 0 atom stereocenters. The van der Waals surface area contributed by atoms with Crippen LogP contribution in [-0.4, -0.2) is 4.57 Å². The van der Waals surface area contributed by atoms with E-state index in [-0.39, 0.29) is 0 Å². The van der Waals surface area contributed by atoms with E-state index in [1.54, 1.807) is 0 Å². The van der Waals surface area contributed by atoms with Crippen molar-refractivity contribution < 1.29 is 0 Å². The molecule has 8 aromatic rings. The number of benzene rings is 7. The minimum atomic E-state index is -0.405. The molecule has 10 rings (SSSR count). The number of aromatic nitrogens is 1. The van der Waals surface area contributed by atoms with Crippen LogP contribution < -0.4 is 0 Å². The second kappa shape index (κ2) is 8.69. The minimum Gasteiger partial charge on any atom is -0.309 e. The molecule has 0 bridgehead atoms. The lowest BCUT2D eigenvalue weighted by Crippen LogP contribution is -2.27. The van der Waals surface area contributed by atoms with Gasteiger partial charge < -0.3 is 4.57 Å². The molecule has 0 unspecified atom stereocenters. The molecule has 1 aromatic heterocycles. The van der Waals surface area contributed by atoms with Gasteiger partial charge in [0.2, 0.25) is 0 Å². The normalized spacial score (nSPS) is 13.6. The van der Waals surface area contributed by atoms with Crippen LogP contribution in [0.1, 0.15) is 22.3 Å². The fourth-order valence-electron chi connectivity index (χ4n) is 8.36. The first-order valence-electron chi connectivity index (χ1n) is 15.4. The summed E-state index contributed by atoms with van der Waals surface area (Å²) in [4.78, 5) is 0. The summed E-state index contributed by atoms with van der Waals surface area (Å²) < 4.78 is 2.52. The lowest BCUT2D eigenvalue weighted by molar-refractivity contribution is 0.786. The average Bonchev–Trinajstić information content (AvgIpc) is 3.70. The van der Waals surface area contributed by atoms with Gasteiger partial charge in [0.25, 0.3) is 0 Å². The van der Waals surface area contributed by atoms with Crippen LogP contribution >= 0.6 is 0 Å². The minimum absolute atomic E-state index is 0.405. The standard InChI is InChI=1S/C43H27N/c1-2-13-28(14-3-1)29-25-26-40-35(27-29)33-18-7-11-23-39(33)44(40)41-24-12-19-34-32-17-6-10-22-38(32)43(42(34)41)36-20-8-4-15-30(36)31-16-5-9-21-37(31)43/h1-27H. The van der Waals surface area contributed by atoms with Crippen molar-refractivity contribution >= 4 is 21.8 Å². The van der Waals surface area contributed by atoms with E-state index in [4.69, 9.17) is 0 Å². The first-order valence-corrected chi connectivity index (χ1v) is 15.4. The van der Waals surface area contributed by atoms with Crippen molar-refractivity contribution in [1.29, 1.82) is 0 Å². The van der Waals surface area contributed by atoms with Crippen LogP contribution in [0.4, 0.5) is 0 Å². The molecule has 1 heteroatoms. The fraction of sp³-hybridized carbons (Fsp3) is 0.0233. The highest BCUT2D eigenvalue weighted by Crippen LogP contribution is 2.64. The maximum absolute atomic E-state index is 2.52. The Bertz CT molecular complexity index is 2380. The van der Waals surface area contributed by atoms with E-state index < -0.39 is 5.41 Å². The van der Waals surface area contributed by atoms with Crippen LogP contribution in [0.2, 0.25) is 0 Å². The molecule has 1 spiro atoms. The third-order valence-electron chi connectivity index (χ3n) is 10.0. The highest BCUT2D eigenvalue weighted by atomic mass is 15.0. The molecule has 2 aliphatic rings. The summed E-state index contributed by atoms with van der Waals surface area (Å²) in [5.41, 5.74) is 16.5. The van der Waals surface area contributed by atoms with Crippen LogP contribution in [0.5, 0.6) is 0 Å². The Balaban J connectivity index is 1.36. The van der Waals surface area contributed by atoms with Gasteiger partial charge in [-0.1, -0.05) is 140 Å². The highest BCUT2D eigenvalue weighted by molar-refractivity contribution is 6.11. The van der Waals surface area contributed by atoms with Crippen molar-refractivity contribution in [3.05, 3.63) is 186 Å². The van der Waals surface area contributed by atoms with Gasteiger partial charge in [0.15, 0.2) is 0 Å². The number of nitrogens with zero attached hydrogens (tertiary/aromatic N) is 1. The van der Waals surface area contributed by atoms with Gasteiger partial charge in [-0.15, -0.1) is 0 Å². The van der Waals surface area contributed by atoms with Gasteiger partial charge in [0.05, 0.1) is 22.1 Å². The van der Waals surface area contributed by atoms with Gasteiger partial charge in [-0.2, -0.15) is 0 Å². The average molecular weight is 558 g/mol. The predicted octanol–water partition coefficient (Wildman–Crippen LogP) is 10.8. The number of hydrogen-bond donors (Lipinski definition) is 0. The molecule has 44 heavy (non-hydrogen) atoms. The van der Waals surface area contributed by atoms with E-state index in [0.717, 1.165) is 0 Å². The van der Waals surface area contributed by atoms with Crippen molar-refractivity contribution in [1.82, 2.24) is 4.57 Å². The Morgan fingerprint density at radius 3 is 1.61 bits per heavy atom. The van der Waals surface area contributed by atoms with E-state index in [0.29, 0.717) is 0 Å². The SMILES string of the molecule is c1ccc(-c2ccc3c(c2)c2ccccc2n3-c2cccc3c2C2(c4ccccc4-c4ccccc42)c2ccccc2-3)cc1. The molecule has 0 aliphatic heterocycles. The second-order valence-electron chi connectivity index (χ2n) is 12.0. The molecule has 1 heterocycles. The Morgan fingerprint density at radius 1 is 0.364 bits per heavy atom. The van der Waals surface area contributed by atoms with E-state index in [9.17, 15) is 0 Å². The van der Waals surface area contributed by atoms with Crippen molar-refractivity contribution in [2.75, 3.05) is 0 Å². The van der Waals surface area contributed by atoms with Crippen LogP contribution in [0.15, 0.2) is 164 Å². The Hall–Kier alpha value is -5.66. The maximum atomic E-state index is 2.52. The molecule has 0 N–H and O–H groups in total. The van der Waals surface area contributed by atoms with Crippen molar-refractivity contribution in [2.45, 2.75) is 5.41 Å². The monoisotopic (exact) mass is 557 g/mol. The summed E-state index contributed by atoms with van der Waals surface area (Å²) in [7, 11) is 0. The van der Waals surface area contributed by atoms with Gasteiger partial charge in [-0.25, -0.2) is 0 Å². The van der Waals surface area contributed by atoms with E-state index in [1.165, 1.54) is 83.1 Å². The summed E-state index contributed by atoms with van der Waals surface area (Å²) in [6.45, 7) is 0. The van der Waals surface area contributed by atoms with Crippen LogP contribution in [0.3, 0.4) is 0 Å². The van der Waals surface area contributed by atoms with Crippen LogP contribution in [0.25, 0.3) is 60.9 Å². The van der Waals surface area contributed by atoms with Crippen molar-refractivity contribution in [3.8, 4) is 39.1 Å². The molecule has 2 aliphatic carbocycles. The molecule has 0 amide bonds. The molecule has 0 fully saturated rings. The molecule has 0 saturated heterocycles. The predicted molar refractivity (Wildman–Crippen MR) is 183 cm³/mol. The Kier molecular flexibility index (Phi) is 4.71. The molecule has 7 aromatic carbocycles.